The van der Waals surface area contributed by atoms with Crippen LogP contribution in [0, 0.1) is 11.8 Å². The van der Waals surface area contributed by atoms with Gasteiger partial charge in [-0.3, -0.25) is 4.79 Å². The summed E-state index contributed by atoms with van der Waals surface area (Å²) in [6.45, 7) is 4.73. The van der Waals surface area contributed by atoms with E-state index >= 15 is 0 Å². The largest absolute Gasteiger partial charge is 0.447 e. The molecular formula is C25H31NO5. The fourth-order valence-corrected chi connectivity index (χ4v) is 3.83. The molecule has 1 N–H and O–H groups in total. The highest BCUT2D eigenvalue weighted by molar-refractivity contribution is 5.95. The third-order valence-corrected chi connectivity index (χ3v) is 5.83. The Morgan fingerprint density at radius 1 is 1.10 bits per heavy atom. The topological polar surface area (TPSA) is 76.1 Å². The van der Waals surface area contributed by atoms with Crippen molar-refractivity contribution in [3.8, 4) is 0 Å². The third kappa shape index (κ3) is 6.15. The molecule has 0 aromatic heterocycles. The van der Waals surface area contributed by atoms with Gasteiger partial charge in [-0.1, -0.05) is 74.5 Å². The van der Waals surface area contributed by atoms with Crippen molar-refractivity contribution in [2.45, 2.75) is 45.4 Å². The molecule has 6 heteroatoms. The van der Waals surface area contributed by atoms with Gasteiger partial charge in [-0.15, -0.1) is 0 Å². The van der Waals surface area contributed by atoms with Crippen molar-refractivity contribution in [1.29, 1.82) is 0 Å². The smallest absolute Gasteiger partial charge is 0.416 e. The minimum atomic E-state index is -0.876. The van der Waals surface area contributed by atoms with Crippen LogP contribution in [0.4, 0.5) is 4.79 Å². The van der Waals surface area contributed by atoms with Gasteiger partial charge in [0.25, 0.3) is 0 Å². The van der Waals surface area contributed by atoms with E-state index in [1.165, 1.54) is 4.90 Å². The lowest BCUT2D eigenvalue weighted by atomic mass is 9.90. The summed E-state index contributed by atoms with van der Waals surface area (Å²) in [5.74, 6) is -1.26. The van der Waals surface area contributed by atoms with Crippen molar-refractivity contribution in [2.24, 2.45) is 11.8 Å². The molecule has 2 amide bonds. The summed E-state index contributed by atoms with van der Waals surface area (Å²) in [6, 6.07) is 19.2. The molecule has 1 saturated heterocycles. The van der Waals surface area contributed by atoms with E-state index < -0.39 is 24.0 Å². The highest BCUT2D eigenvalue weighted by Crippen LogP contribution is 2.24. The predicted molar refractivity (Wildman–Crippen MR) is 117 cm³/mol. The van der Waals surface area contributed by atoms with Gasteiger partial charge in [-0.05, 0) is 29.9 Å². The van der Waals surface area contributed by atoms with Gasteiger partial charge in [0.1, 0.15) is 6.61 Å². The average Bonchev–Trinajstić information content (AvgIpc) is 3.16. The molecule has 1 heterocycles. The number of carbonyl (C=O) groups excluding carboxylic acids is 2. The zero-order valence-electron chi connectivity index (χ0n) is 18.1. The van der Waals surface area contributed by atoms with E-state index in [2.05, 4.69) is 0 Å². The molecule has 0 unspecified atom stereocenters. The number of cyclic esters (lactones) is 1. The average molecular weight is 426 g/mol. The van der Waals surface area contributed by atoms with Crippen molar-refractivity contribution in [1.82, 2.24) is 4.90 Å². The first-order valence-electron chi connectivity index (χ1n) is 10.8. The van der Waals surface area contributed by atoms with Crippen LogP contribution in [0.25, 0.3) is 0 Å². The summed E-state index contributed by atoms with van der Waals surface area (Å²) >= 11 is 0. The fraction of sp³-hybridized carbons (Fsp3) is 0.440. The van der Waals surface area contributed by atoms with Crippen molar-refractivity contribution in [3.05, 3.63) is 71.8 Å². The molecule has 0 bridgehead atoms. The van der Waals surface area contributed by atoms with Gasteiger partial charge in [0.15, 0.2) is 0 Å². The van der Waals surface area contributed by atoms with Gasteiger partial charge in [-0.2, -0.15) is 0 Å². The van der Waals surface area contributed by atoms with Crippen LogP contribution in [0.1, 0.15) is 31.4 Å². The number of benzene rings is 2. The molecule has 0 saturated carbocycles. The maximum absolute atomic E-state index is 13.1. The van der Waals surface area contributed by atoms with Crippen molar-refractivity contribution >= 4 is 12.0 Å². The van der Waals surface area contributed by atoms with Gasteiger partial charge in [0, 0.05) is 6.61 Å². The van der Waals surface area contributed by atoms with Crippen LogP contribution in [0.5, 0.6) is 0 Å². The molecule has 1 aliphatic heterocycles. The highest BCUT2D eigenvalue weighted by Gasteiger charge is 2.41. The zero-order chi connectivity index (χ0) is 22.2. The number of hydrogen-bond donors (Lipinski definition) is 1. The second-order valence-corrected chi connectivity index (χ2v) is 8.21. The van der Waals surface area contributed by atoms with E-state index in [1.807, 2.05) is 67.6 Å². The number of aliphatic hydroxyl groups excluding tert-OH is 1. The van der Waals surface area contributed by atoms with E-state index in [4.69, 9.17) is 9.47 Å². The molecule has 0 radical (unpaired) electrons. The maximum atomic E-state index is 13.1. The molecule has 2 aromatic carbocycles. The number of carbonyl (C=O) groups is 2. The number of hydrogen-bond acceptors (Lipinski definition) is 5. The first-order chi connectivity index (χ1) is 15.0. The lowest BCUT2D eigenvalue weighted by molar-refractivity contribution is -0.137. The molecule has 1 aliphatic rings. The maximum Gasteiger partial charge on any atom is 0.416 e. The molecule has 166 valence electrons. The van der Waals surface area contributed by atoms with Gasteiger partial charge in [0.2, 0.25) is 5.91 Å². The summed E-state index contributed by atoms with van der Waals surface area (Å²) in [5, 5.41) is 10.7. The molecule has 6 nitrogen and oxygen atoms in total. The molecule has 2 aromatic rings. The van der Waals surface area contributed by atoms with Gasteiger partial charge >= 0.3 is 6.09 Å². The predicted octanol–water partition coefficient (Wildman–Crippen LogP) is 3.82. The third-order valence-electron chi connectivity index (χ3n) is 5.83. The molecule has 0 spiro atoms. The number of ether oxygens (including phenoxy) is 2. The van der Waals surface area contributed by atoms with Gasteiger partial charge in [-0.25, -0.2) is 9.69 Å². The Balaban J connectivity index is 1.51. The number of nitrogens with zero attached hydrogens (tertiary/aromatic N) is 1. The van der Waals surface area contributed by atoms with Gasteiger partial charge in [0.05, 0.1) is 24.7 Å². The molecule has 0 aliphatic carbocycles. The first-order valence-corrected chi connectivity index (χ1v) is 10.8. The van der Waals surface area contributed by atoms with E-state index in [1.54, 1.807) is 6.92 Å². The van der Waals surface area contributed by atoms with Crippen LogP contribution in [0.2, 0.25) is 0 Å². The number of amides is 2. The van der Waals surface area contributed by atoms with Crippen molar-refractivity contribution in [2.75, 3.05) is 13.2 Å². The highest BCUT2D eigenvalue weighted by atomic mass is 16.6. The summed E-state index contributed by atoms with van der Waals surface area (Å²) < 4.78 is 10.8. The Morgan fingerprint density at radius 3 is 2.35 bits per heavy atom. The lowest BCUT2D eigenvalue weighted by Crippen LogP contribution is -2.46. The second kappa shape index (κ2) is 11.1. The molecule has 4 atom stereocenters. The van der Waals surface area contributed by atoms with E-state index in [0.717, 1.165) is 11.1 Å². The molecular weight excluding hydrogens is 394 g/mol. The molecule has 31 heavy (non-hydrogen) atoms. The fourth-order valence-electron chi connectivity index (χ4n) is 3.83. The van der Waals surface area contributed by atoms with Crippen LogP contribution in [0.3, 0.4) is 0 Å². The Hall–Kier alpha value is -2.70. The monoisotopic (exact) mass is 425 g/mol. The summed E-state index contributed by atoms with van der Waals surface area (Å²) in [7, 11) is 0. The number of rotatable bonds is 10. The van der Waals surface area contributed by atoms with Crippen LogP contribution in [-0.4, -0.2) is 47.4 Å². The molecule has 3 rings (SSSR count). The first kappa shape index (κ1) is 23.0. The standard InChI is InChI=1S/C25H31NO5/c1-18(13-14-30-16-21-11-7-4-8-12-21)23(27)19(2)24(28)26-22(17-31-25(26)29)15-20-9-5-3-6-10-20/h3-12,18-19,22-23,27H,13-17H2,1-2H3/t18-,19-,22-,23+/m0/s1. The Bertz CT molecular complexity index is 842. The van der Waals surface area contributed by atoms with E-state index in [-0.39, 0.29) is 18.6 Å². The van der Waals surface area contributed by atoms with E-state index in [0.29, 0.717) is 26.1 Å². The summed E-state index contributed by atoms with van der Waals surface area (Å²) in [6.07, 6.45) is -0.365. The van der Waals surface area contributed by atoms with Crippen molar-refractivity contribution < 1.29 is 24.2 Å². The zero-order valence-corrected chi connectivity index (χ0v) is 18.1. The Morgan fingerprint density at radius 2 is 1.71 bits per heavy atom. The van der Waals surface area contributed by atoms with Crippen LogP contribution in [0.15, 0.2) is 60.7 Å². The Kier molecular flexibility index (Phi) is 8.20. The lowest BCUT2D eigenvalue weighted by Gasteiger charge is -2.28. The Labute approximate surface area is 183 Å². The van der Waals surface area contributed by atoms with Crippen LogP contribution < -0.4 is 0 Å². The normalized spacial score (nSPS) is 19.0. The van der Waals surface area contributed by atoms with E-state index in [9.17, 15) is 14.7 Å². The minimum Gasteiger partial charge on any atom is -0.447 e. The van der Waals surface area contributed by atoms with Gasteiger partial charge < -0.3 is 14.6 Å². The quantitative estimate of drug-likeness (QED) is 0.586. The summed E-state index contributed by atoms with van der Waals surface area (Å²) in [4.78, 5) is 26.5. The van der Waals surface area contributed by atoms with Crippen molar-refractivity contribution in [3.63, 3.8) is 0 Å². The molecule has 1 fully saturated rings. The van der Waals surface area contributed by atoms with Crippen LogP contribution in [-0.2, 0) is 27.3 Å². The second-order valence-electron chi connectivity index (χ2n) is 8.21. The minimum absolute atomic E-state index is 0.152. The SMILES string of the molecule is C[C@H](C(=O)N1C(=O)OC[C@@H]1Cc1ccccc1)[C@H](O)[C@@H](C)CCOCc1ccccc1. The number of aliphatic hydroxyl groups is 1. The summed E-state index contributed by atoms with van der Waals surface area (Å²) in [5.41, 5.74) is 2.12. The van der Waals surface area contributed by atoms with Crippen LogP contribution >= 0.6 is 0 Å². The number of imide groups is 1.